The van der Waals surface area contributed by atoms with Gasteiger partial charge >= 0.3 is 0 Å². The first-order chi connectivity index (χ1) is 9.93. The molecule has 118 valence electrons. The molecule has 21 heavy (non-hydrogen) atoms. The van der Waals surface area contributed by atoms with E-state index >= 15 is 0 Å². The highest BCUT2D eigenvalue weighted by Gasteiger charge is 2.24. The van der Waals surface area contributed by atoms with Crippen molar-refractivity contribution in [2.75, 3.05) is 5.32 Å². The van der Waals surface area contributed by atoms with Crippen molar-refractivity contribution in [2.24, 2.45) is 5.92 Å². The fraction of sp³-hybridized carbons (Fsp3) is 0.765. The van der Waals surface area contributed by atoms with Gasteiger partial charge in [-0.1, -0.05) is 26.2 Å². The molecule has 0 aliphatic heterocycles. The first-order valence-electron chi connectivity index (χ1n) is 8.28. The summed E-state index contributed by atoms with van der Waals surface area (Å²) in [5.74, 6) is 1.18. The summed E-state index contributed by atoms with van der Waals surface area (Å²) in [5, 5.41) is 3.43. The van der Waals surface area contributed by atoms with Crippen molar-refractivity contribution in [1.29, 1.82) is 0 Å². The van der Waals surface area contributed by atoms with E-state index in [1.165, 1.54) is 32.1 Å². The van der Waals surface area contributed by atoms with E-state index in [-0.39, 0.29) is 11.1 Å². The van der Waals surface area contributed by atoms with Crippen LogP contribution in [0.3, 0.4) is 0 Å². The summed E-state index contributed by atoms with van der Waals surface area (Å²) in [4.78, 5) is 16.9. The van der Waals surface area contributed by atoms with Crippen LogP contribution in [0.15, 0.2) is 17.2 Å². The summed E-state index contributed by atoms with van der Waals surface area (Å²) < 4.78 is 1.76. The van der Waals surface area contributed by atoms with Crippen molar-refractivity contribution in [2.45, 2.75) is 77.8 Å². The Bertz CT molecular complexity index is 510. The van der Waals surface area contributed by atoms with Gasteiger partial charge in [0, 0.05) is 24.0 Å². The molecule has 1 saturated carbocycles. The summed E-state index contributed by atoms with van der Waals surface area (Å²) in [6.07, 6.45) is 11.1. The Hall–Kier alpha value is -1.32. The van der Waals surface area contributed by atoms with Gasteiger partial charge in [-0.05, 0) is 46.0 Å². The van der Waals surface area contributed by atoms with E-state index in [0.717, 1.165) is 6.42 Å². The first-order valence-corrected chi connectivity index (χ1v) is 8.28. The second-order valence-corrected chi connectivity index (χ2v) is 7.18. The molecule has 1 aromatic rings. The van der Waals surface area contributed by atoms with Crippen LogP contribution in [-0.4, -0.2) is 15.6 Å². The molecule has 0 aromatic carbocycles. The Morgan fingerprint density at radius 2 is 2.00 bits per heavy atom. The normalized spacial score (nSPS) is 18.5. The SMILES string of the molecule is CCC(Nc1nccn(C(C)(C)C)c1=O)C1CCCCC1. The maximum atomic E-state index is 12.6. The number of anilines is 1. The van der Waals surface area contributed by atoms with Crippen LogP contribution in [0, 0.1) is 5.92 Å². The quantitative estimate of drug-likeness (QED) is 0.918. The third-order valence-corrected chi connectivity index (χ3v) is 4.54. The summed E-state index contributed by atoms with van der Waals surface area (Å²) in [6, 6.07) is 0.362. The van der Waals surface area contributed by atoms with E-state index in [0.29, 0.717) is 17.8 Å². The highest BCUT2D eigenvalue weighted by molar-refractivity contribution is 5.33. The molecule has 0 saturated heterocycles. The third kappa shape index (κ3) is 3.86. The highest BCUT2D eigenvalue weighted by atomic mass is 16.1. The Balaban J connectivity index is 2.20. The molecular weight excluding hydrogens is 262 g/mol. The number of nitrogens with one attached hydrogen (secondary N) is 1. The van der Waals surface area contributed by atoms with Gasteiger partial charge < -0.3 is 9.88 Å². The molecule has 1 heterocycles. The zero-order valence-electron chi connectivity index (χ0n) is 13.9. The molecule has 4 heteroatoms. The van der Waals surface area contributed by atoms with Gasteiger partial charge in [0.2, 0.25) is 0 Å². The molecule has 1 unspecified atom stereocenters. The third-order valence-electron chi connectivity index (χ3n) is 4.54. The number of rotatable bonds is 4. The zero-order valence-corrected chi connectivity index (χ0v) is 13.9. The minimum Gasteiger partial charge on any atom is -0.362 e. The molecule has 0 radical (unpaired) electrons. The number of hydrogen-bond acceptors (Lipinski definition) is 3. The molecule has 1 atom stereocenters. The van der Waals surface area contributed by atoms with Crippen molar-refractivity contribution < 1.29 is 0 Å². The number of hydrogen-bond donors (Lipinski definition) is 1. The lowest BCUT2D eigenvalue weighted by Gasteiger charge is -2.31. The summed E-state index contributed by atoms with van der Waals surface area (Å²) in [6.45, 7) is 8.31. The standard InChI is InChI=1S/C17H29N3O/c1-5-14(13-9-7-6-8-10-13)19-15-16(21)20(12-11-18-15)17(2,3)4/h11-14H,5-10H2,1-4H3,(H,18,19). The average Bonchev–Trinajstić information content (AvgIpc) is 2.46. The van der Waals surface area contributed by atoms with Crippen LogP contribution in [0.5, 0.6) is 0 Å². The van der Waals surface area contributed by atoms with Crippen LogP contribution >= 0.6 is 0 Å². The van der Waals surface area contributed by atoms with Crippen molar-refractivity contribution in [3.8, 4) is 0 Å². The molecule has 2 rings (SSSR count). The number of aromatic nitrogens is 2. The van der Waals surface area contributed by atoms with Gasteiger partial charge in [0.05, 0.1) is 0 Å². The smallest absolute Gasteiger partial charge is 0.293 e. The van der Waals surface area contributed by atoms with Crippen molar-refractivity contribution in [1.82, 2.24) is 9.55 Å². The molecule has 1 aliphatic rings. The van der Waals surface area contributed by atoms with Gasteiger partial charge in [-0.15, -0.1) is 0 Å². The van der Waals surface area contributed by atoms with Crippen LogP contribution in [0.2, 0.25) is 0 Å². The van der Waals surface area contributed by atoms with Crippen LogP contribution in [0.1, 0.15) is 66.2 Å². The van der Waals surface area contributed by atoms with E-state index < -0.39 is 0 Å². The fourth-order valence-electron chi connectivity index (χ4n) is 3.30. The molecule has 1 aromatic heterocycles. The van der Waals surface area contributed by atoms with Crippen LogP contribution in [0.25, 0.3) is 0 Å². The summed E-state index contributed by atoms with van der Waals surface area (Å²) >= 11 is 0. The zero-order chi connectivity index (χ0) is 15.5. The van der Waals surface area contributed by atoms with Crippen LogP contribution < -0.4 is 10.9 Å². The minimum atomic E-state index is -0.219. The Morgan fingerprint density at radius 3 is 2.57 bits per heavy atom. The van der Waals surface area contributed by atoms with Crippen LogP contribution in [-0.2, 0) is 5.54 Å². The Morgan fingerprint density at radius 1 is 1.33 bits per heavy atom. The van der Waals surface area contributed by atoms with Crippen molar-refractivity contribution >= 4 is 5.82 Å². The van der Waals surface area contributed by atoms with Gasteiger partial charge in [-0.2, -0.15) is 0 Å². The Labute approximate surface area is 128 Å². The van der Waals surface area contributed by atoms with Crippen molar-refractivity contribution in [3.63, 3.8) is 0 Å². The predicted octanol–water partition coefficient (Wildman–Crippen LogP) is 3.77. The van der Waals surface area contributed by atoms with Crippen molar-refractivity contribution in [3.05, 3.63) is 22.7 Å². The largest absolute Gasteiger partial charge is 0.362 e. The van der Waals surface area contributed by atoms with Gasteiger partial charge in [-0.3, -0.25) is 4.79 Å². The van der Waals surface area contributed by atoms with Crippen LogP contribution in [0.4, 0.5) is 5.82 Å². The maximum Gasteiger partial charge on any atom is 0.293 e. The lowest BCUT2D eigenvalue weighted by Crippen LogP contribution is -2.38. The predicted molar refractivity (Wildman–Crippen MR) is 87.8 cm³/mol. The minimum absolute atomic E-state index is 0.0146. The topological polar surface area (TPSA) is 46.9 Å². The van der Waals surface area contributed by atoms with E-state index in [9.17, 15) is 4.79 Å². The van der Waals surface area contributed by atoms with E-state index in [2.05, 4.69) is 17.2 Å². The molecular formula is C17H29N3O. The van der Waals surface area contributed by atoms with Gasteiger partial charge in [0.15, 0.2) is 5.82 Å². The molecule has 1 aliphatic carbocycles. The van der Waals surface area contributed by atoms with E-state index in [1.807, 2.05) is 20.8 Å². The molecule has 0 amide bonds. The van der Waals surface area contributed by atoms with E-state index in [4.69, 9.17) is 0 Å². The summed E-state index contributed by atoms with van der Waals surface area (Å²) in [7, 11) is 0. The molecule has 1 fully saturated rings. The lowest BCUT2D eigenvalue weighted by molar-refractivity contribution is 0.312. The Kier molecular flexibility index (Phi) is 5.07. The molecule has 1 N–H and O–H groups in total. The average molecular weight is 291 g/mol. The van der Waals surface area contributed by atoms with Gasteiger partial charge in [0.25, 0.3) is 5.56 Å². The highest BCUT2D eigenvalue weighted by Crippen LogP contribution is 2.28. The molecule has 0 bridgehead atoms. The molecule has 4 nitrogen and oxygen atoms in total. The van der Waals surface area contributed by atoms with E-state index in [1.54, 1.807) is 17.0 Å². The number of nitrogens with zero attached hydrogens (tertiary/aromatic N) is 2. The first kappa shape index (κ1) is 16.1. The summed E-state index contributed by atoms with van der Waals surface area (Å²) in [5.41, 5.74) is -0.234. The fourth-order valence-corrected chi connectivity index (χ4v) is 3.30. The second-order valence-electron chi connectivity index (χ2n) is 7.18. The van der Waals surface area contributed by atoms with Gasteiger partial charge in [0.1, 0.15) is 0 Å². The molecule has 0 spiro atoms. The maximum absolute atomic E-state index is 12.6. The second kappa shape index (κ2) is 6.63. The monoisotopic (exact) mass is 291 g/mol. The van der Waals surface area contributed by atoms with Gasteiger partial charge in [-0.25, -0.2) is 4.98 Å². The lowest BCUT2D eigenvalue weighted by atomic mass is 9.83.